The average Bonchev–Trinajstić information content (AvgIpc) is 2.68. The quantitative estimate of drug-likeness (QED) is 0.695. The van der Waals surface area contributed by atoms with E-state index >= 15 is 0 Å². The van der Waals surface area contributed by atoms with E-state index in [0.717, 1.165) is 19.1 Å². The van der Waals surface area contributed by atoms with Crippen LogP contribution in [0.15, 0.2) is 0 Å². The minimum absolute atomic E-state index is 0.485. The maximum atomic E-state index is 5.63. The molecule has 12 heavy (non-hydrogen) atoms. The molecular weight excluding hydrogens is 150 g/mol. The second-order valence-corrected chi connectivity index (χ2v) is 4.37. The number of rotatable bonds is 3. The van der Waals surface area contributed by atoms with Crippen LogP contribution in [-0.4, -0.2) is 19.3 Å². The predicted molar refractivity (Wildman–Crippen MR) is 48.9 cm³/mol. The topological polar surface area (TPSA) is 35.2 Å². The molecule has 0 amide bonds. The van der Waals surface area contributed by atoms with E-state index in [1.165, 1.54) is 25.7 Å². The summed E-state index contributed by atoms with van der Waals surface area (Å²) in [4.78, 5) is 0. The monoisotopic (exact) mass is 169 g/mol. The third kappa shape index (κ3) is 1.27. The van der Waals surface area contributed by atoms with E-state index in [4.69, 9.17) is 10.5 Å². The lowest BCUT2D eigenvalue weighted by molar-refractivity contribution is 0.0831. The lowest BCUT2D eigenvalue weighted by Crippen LogP contribution is -2.25. The van der Waals surface area contributed by atoms with Gasteiger partial charge in [0.25, 0.3) is 0 Å². The first-order valence-electron chi connectivity index (χ1n) is 5.10. The molecule has 2 nitrogen and oxygen atoms in total. The fourth-order valence-electron chi connectivity index (χ4n) is 2.79. The molecule has 0 aromatic rings. The van der Waals surface area contributed by atoms with Crippen LogP contribution in [0.2, 0.25) is 0 Å². The molecule has 2 heteroatoms. The molecule has 2 aliphatic rings. The van der Waals surface area contributed by atoms with Gasteiger partial charge in [0.05, 0.1) is 6.10 Å². The Morgan fingerprint density at radius 1 is 1.50 bits per heavy atom. The fourth-order valence-corrected chi connectivity index (χ4v) is 2.79. The van der Waals surface area contributed by atoms with Gasteiger partial charge >= 0.3 is 0 Å². The number of hydrogen-bond acceptors (Lipinski definition) is 2. The fraction of sp³-hybridized carbons (Fsp3) is 1.00. The van der Waals surface area contributed by atoms with Gasteiger partial charge < -0.3 is 10.5 Å². The van der Waals surface area contributed by atoms with Gasteiger partial charge in [-0.1, -0.05) is 0 Å². The Morgan fingerprint density at radius 2 is 2.25 bits per heavy atom. The van der Waals surface area contributed by atoms with Gasteiger partial charge in [0, 0.05) is 6.61 Å². The maximum absolute atomic E-state index is 5.63. The van der Waals surface area contributed by atoms with Gasteiger partial charge in [-0.15, -0.1) is 0 Å². The van der Waals surface area contributed by atoms with Crippen LogP contribution in [0.5, 0.6) is 0 Å². The highest BCUT2D eigenvalue weighted by atomic mass is 16.5. The first kappa shape index (κ1) is 8.52. The molecule has 1 aliphatic heterocycles. The van der Waals surface area contributed by atoms with Crippen LogP contribution < -0.4 is 5.73 Å². The third-order valence-corrected chi connectivity index (χ3v) is 3.70. The molecular formula is C10H19NO. The molecule has 1 saturated carbocycles. The van der Waals surface area contributed by atoms with Crippen LogP contribution in [0.4, 0.5) is 0 Å². The van der Waals surface area contributed by atoms with Crippen molar-refractivity contribution in [1.82, 2.24) is 0 Å². The van der Waals surface area contributed by atoms with Crippen molar-refractivity contribution in [2.45, 2.75) is 38.7 Å². The second kappa shape index (κ2) is 3.00. The largest absolute Gasteiger partial charge is 0.378 e. The highest BCUT2D eigenvalue weighted by Gasteiger charge is 2.51. The smallest absolute Gasteiger partial charge is 0.0581 e. The molecule has 0 bridgehead atoms. The van der Waals surface area contributed by atoms with Crippen LogP contribution in [0.1, 0.15) is 32.6 Å². The normalized spacial score (nSPS) is 38.5. The van der Waals surface area contributed by atoms with Gasteiger partial charge in [-0.3, -0.25) is 0 Å². The van der Waals surface area contributed by atoms with E-state index in [2.05, 4.69) is 6.92 Å². The van der Waals surface area contributed by atoms with Crippen LogP contribution >= 0.6 is 0 Å². The molecule has 0 radical (unpaired) electrons. The summed E-state index contributed by atoms with van der Waals surface area (Å²) in [6.45, 7) is 4.04. The van der Waals surface area contributed by atoms with E-state index in [1.54, 1.807) is 0 Å². The van der Waals surface area contributed by atoms with Gasteiger partial charge in [0.2, 0.25) is 0 Å². The summed E-state index contributed by atoms with van der Waals surface area (Å²) in [5.74, 6) is 0.807. The van der Waals surface area contributed by atoms with Crippen LogP contribution in [0, 0.1) is 11.3 Å². The van der Waals surface area contributed by atoms with Gasteiger partial charge in [-0.25, -0.2) is 0 Å². The molecule has 0 aromatic carbocycles. The molecule has 2 rings (SSSR count). The highest BCUT2D eigenvalue weighted by Crippen LogP contribution is 2.58. The van der Waals surface area contributed by atoms with Crippen molar-refractivity contribution in [1.29, 1.82) is 0 Å². The Bertz CT molecular complexity index is 165. The standard InChI is InChI=1S/C10H19NO/c1-8-9(2-7-12-8)10(3-4-10)5-6-11/h8-9H,2-7,11H2,1H3. The van der Waals surface area contributed by atoms with Crippen molar-refractivity contribution < 1.29 is 4.74 Å². The van der Waals surface area contributed by atoms with E-state index in [1.807, 2.05) is 0 Å². The summed E-state index contributed by atoms with van der Waals surface area (Å²) in [6, 6.07) is 0. The third-order valence-electron chi connectivity index (χ3n) is 3.70. The first-order chi connectivity index (χ1) is 5.78. The summed E-state index contributed by atoms with van der Waals surface area (Å²) in [7, 11) is 0. The van der Waals surface area contributed by atoms with E-state index < -0.39 is 0 Å². The molecule has 2 unspecified atom stereocenters. The lowest BCUT2D eigenvalue weighted by Gasteiger charge is -2.24. The molecule has 1 aliphatic carbocycles. The Kier molecular flexibility index (Phi) is 2.13. The minimum Gasteiger partial charge on any atom is -0.378 e. The molecule has 1 saturated heterocycles. The lowest BCUT2D eigenvalue weighted by atomic mass is 9.82. The first-order valence-corrected chi connectivity index (χ1v) is 5.10. The van der Waals surface area contributed by atoms with Crippen LogP contribution in [0.3, 0.4) is 0 Å². The summed E-state index contributed by atoms with van der Waals surface area (Å²) in [5, 5.41) is 0. The van der Waals surface area contributed by atoms with Crippen molar-refractivity contribution in [3.63, 3.8) is 0 Å². The number of ether oxygens (including phenoxy) is 1. The Hall–Kier alpha value is -0.0800. The highest BCUT2D eigenvalue weighted by molar-refractivity contribution is 5.01. The van der Waals surface area contributed by atoms with Crippen LogP contribution in [0.25, 0.3) is 0 Å². The van der Waals surface area contributed by atoms with Gasteiger partial charge in [0.1, 0.15) is 0 Å². The Labute approximate surface area is 74.5 Å². The zero-order valence-electron chi connectivity index (χ0n) is 7.88. The molecule has 0 spiro atoms. The summed E-state index contributed by atoms with van der Waals surface area (Å²) in [6.07, 6.45) is 5.75. The zero-order chi connectivity index (χ0) is 8.60. The van der Waals surface area contributed by atoms with E-state index in [9.17, 15) is 0 Å². The van der Waals surface area contributed by atoms with Crippen molar-refractivity contribution >= 4 is 0 Å². The minimum atomic E-state index is 0.485. The number of hydrogen-bond donors (Lipinski definition) is 1. The second-order valence-electron chi connectivity index (χ2n) is 4.37. The van der Waals surface area contributed by atoms with Gasteiger partial charge in [0.15, 0.2) is 0 Å². The summed E-state index contributed by atoms with van der Waals surface area (Å²) < 4.78 is 5.60. The van der Waals surface area contributed by atoms with Crippen molar-refractivity contribution in [3.05, 3.63) is 0 Å². The zero-order valence-corrected chi connectivity index (χ0v) is 7.88. The molecule has 1 heterocycles. The van der Waals surface area contributed by atoms with Crippen molar-refractivity contribution in [3.8, 4) is 0 Å². The summed E-state index contributed by atoms with van der Waals surface area (Å²) >= 11 is 0. The van der Waals surface area contributed by atoms with Crippen LogP contribution in [-0.2, 0) is 4.74 Å². The molecule has 2 fully saturated rings. The van der Waals surface area contributed by atoms with Gasteiger partial charge in [-0.05, 0) is 50.5 Å². The predicted octanol–water partition coefficient (Wildman–Crippen LogP) is 1.54. The molecule has 0 aromatic heterocycles. The maximum Gasteiger partial charge on any atom is 0.0581 e. The van der Waals surface area contributed by atoms with Crippen molar-refractivity contribution in [2.24, 2.45) is 17.1 Å². The molecule has 70 valence electrons. The van der Waals surface area contributed by atoms with Gasteiger partial charge in [-0.2, -0.15) is 0 Å². The SMILES string of the molecule is CC1OCCC1C1(CCN)CC1. The molecule has 2 N–H and O–H groups in total. The van der Waals surface area contributed by atoms with E-state index in [-0.39, 0.29) is 0 Å². The Morgan fingerprint density at radius 3 is 2.67 bits per heavy atom. The molecule has 2 atom stereocenters. The van der Waals surface area contributed by atoms with Crippen molar-refractivity contribution in [2.75, 3.05) is 13.2 Å². The average molecular weight is 169 g/mol. The van der Waals surface area contributed by atoms with E-state index in [0.29, 0.717) is 11.5 Å². The Balaban J connectivity index is 1.98. The number of nitrogens with two attached hydrogens (primary N) is 1. The summed E-state index contributed by atoms with van der Waals surface area (Å²) in [5.41, 5.74) is 6.23.